The standard InChI is InChI=1S/C13H16BrN3O2S/c1-3-12-15-8-13(16-12)20(18,19)17(2)9-10-5-4-6-11(14)7-10/h4-8H,3,9H2,1-2H3,(H,15,16). The van der Waals surface area contributed by atoms with Gasteiger partial charge in [-0.25, -0.2) is 13.4 Å². The number of imidazole rings is 1. The Morgan fingerprint density at radius 1 is 1.40 bits per heavy atom. The predicted molar refractivity (Wildman–Crippen MR) is 80.8 cm³/mol. The zero-order valence-electron chi connectivity index (χ0n) is 11.3. The first-order valence-electron chi connectivity index (χ1n) is 6.18. The van der Waals surface area contributed by atoms with Gasteiger partial charge in [-0.15, -0.1) is 0 Å². The van der Waals surface area contributed by atoms with Gasteiger partial charge in [-0.3, -0.25) is 0 Å². The molecule has 0 unspecified atom stereocenters. The number of aromatic amines is 1. The molecule has 0 radical (unpaired) electrons. The van der Waals surface area contributed by atoms with Gasteiger partial charge in [0.1, 0.15) is 5.82 Å². The molecule has 5 nitrogen and oxygen atoms in total. The van der Waals surface area contributed by atoms with Crippen LogP contribution in [0.1, 0.15) is 18.3 Å². The number of aryl methyl sites for hydroxylation is 1. The van der Waals surface area contributed by atoms with Crippen LogP contribution in [0, 0.1) is 0 Å². The molecule has 7 heteroatoms. The second kappa shape index (κ2) is 6.07. The highest BCUT2D eigenvalue weighted by Gasteiger charge is 2.23. The van der Waals surface area contributed by atoms with Crippen LogP contribution in [-0.2, 0) is 23.0 Å². The molecular weight excluding hydrogens is 342 g/mol. The van der Waals surface area contributed by atoms with Crippen molar-refractivity contribution in [1.29, 1.82) is 0 Å². The molecule has 0 fully saturated rings. The van der Waals surface area contributed by atoms with Crippen LogP contribution in [0.4, 0.5) is 0 Å². The van der Waals surface area contributed by atoms with Crippen molar-refractivity contribution in [2.24, 2.45) is 0 Å². The molecule has 1 heterocycles. The van der Waals surface area contributed by atoms with Gasteiger partial charge in [0, 0.05) is 24.5 Å². The topological polar surface area (TPSA) is 66.1 Å². The quantitative estimate of drug-likeness (QED) is 0.893. The second-order valence-electron chi connectivity index (χ2n) is 4.44. The van der Waals surface area contributed by atoms with Crippen molar-refractivity contribution in [1.82, 2.24) is 14.3 Å². The average molecular weight is 358 g/mol. The molecule has 0 amide bonds. The Bertz CT molecular complexity index is 697. The van der Waals surface area contributed by atoms with Gasteiger partial charge in [0.25, 0.3) is 10.0 Å². The Hall–Kier alpha value is -1.18. The van der Waals surface area contributed by atoms with Crippen LogP contribution >= 0.6 is 15.9 Å². The highest BCUT2D eigenvalue weighted by atomic mass is 79.9. The number of halogens is 1. The maximum atomic E-state index is 12.4. The normalized spacial score (nSPS) is 12.0. The van der Waals surface area contributed by atoms with Crippen LogP contribution in [0.3, 0.4) is 0 Å². The van der Waals surface area contributed by atoms with Gasteiger partial charge in [-0.1, -0.05) is 35.0 Å². The van der Waals surface area contributed by atoms with Crippen molar-refractivity contribution in [3.05, 3.63) is 46.3 Å². The minimum Gasteiger partial charge on any atom is -0.332 e. The molecule has 0 saturated heterocycles. The van der Waals surface area contributed by atoms with Crippen molar-refractivity contribution in [3.8, 4) is 0 Å². The molecular formula is C13H16BrN3O2S. The van der Waals surface area contributed by atoms with E-state index >= 15 is 0 Å². The minimum atomic E-state index is -3.54. The summed E-state index contributed by atoms with van der Waals surface area (Å²) >= 11 is 3.38. The fraction of sp³-hybridized carbons (Fsp3) is 0.308. The number of aromatic nitrogens is 2. The van der Waals surface area contributed by atoms with E-state index in [9.17, 15) is 8.42 Å². The number of benzene rings is 1. The molecule has 0 atom stereocenters. The highest BCUT2D eigenvalue weighted by molar-refractivity contribution is 9.10. The van der Waals surface area contributed by atoms with Gasteiger partial charge in [0.15, 0.2) is 5.03 Å². The molecule has 1 N–H and O–H groups in total. The summed E-state index contributed by atoms with van der Waals surface area (Å²) in [5.74, 6) is 0.666. The molecule has 0 saturated carbocycles. The molecule has 2 aromatic rings. The van der Waals surface area contributed by atoms with Crippen LogP contribution in [0.5, 0.6) is 0 Å². The van der Waals surface area contributed by atoms with E-state index in [-0.39, 0.29) is 5.03 Å². The third-order valence-electron chi connectivity index (χ3n) is 2.92. The van der Waals surface area contributed by atoms with E-state index < -0.39 is 10.0 Å². The number of H-pyrrole nitrogens is 1. The summed E-state index contributed by atoms with van der Waals surface area (Å²) in [6.45, 7) is 2.22. The third kappa shape index (κ3) is 3.28. The summed E-state index contributed by atoms with van der Waals surface area (Å²) in [5, 5.41) is 0.131. The van der Waals surface area contributed by atoms with Crippen LogP contribution in [-0.4, -0.2) is 29.7 Å². The molecule has 20 heavy (non-hydrogen) atoms. The van der Waals surface area contributed by atoms with Gasteiger partial charge in [-0.2, -0.15) is 4.31 Å². The number of sulfonamides is 1. The van der Waals surface area contributed by atoms with Gasteiger partial charge in [-0.05, 0) is 17.7 Å². The molecule has 1 aromatic carbocycles. The fourth-order valence-corrected chi connectivity index (χ4v) is 3.33. The van der Waals surface area contributed by atoms with E-state index in [1.54, 1.807) is 7.05 Å². The average Bonchev–Trinajstić information content (AvgIpc) is 2.88. The van der Waals surface area contributed by atoms with Crippen LogP contribution < -0.4 is 0 Å². The fourth-order valence-electron chi connectivity index (χ4n) is 1.80. The van der Waals surface area contributed by atoms with Gasteiger partial charge < -0.3 is 4.98 Å². The molecule has 108 valence electrons. The largest absolute Gasteiger partial charge is 0.332 e. The molecule has 2 rings (SSSR count). The van der Waals surface area contributed by atoms with Gasteiger partial charge >= 0.3 is 0 Å². The van der Waals surface area contributed by atoms with Crippen molar-refractivity contribution in [2.45, 2.75) is 24.9 Å². The van der Waals surface area contributed by atoms with Crippen molar-refractivity contribution in [2.75, 3.05) is 7.05 Å². The first kappa shape index (κ1) is 15.2. The smallest absolute Gasteiger partial charge is 0.260 e. The Balaban J connectivity index is 2.21. The van der Waals surface area contributed by atoms with Crippen LogP contribution in [0.15, 0.2) is 40.0 Å². The first-order valence-corrected chi connectivity index (χ1v) is 8.41. The Labute approximate surface area is 127 Å². The summed E-state index contributed by atoms with van der Waals surface area (Å²) in [4.78, 5) is 6.87. The van der Waals surface area contributed by atoms with E-state index in [1.165, 1.54) is 10.5 Å². The third-order valence-corrected chi connectivity index (χ3v) is 5.13. The van der Waals surface area contributed by atoms with E-state index in [4.69, 9.17) is 0 Å². The highest BCUT2D eigenvalue weighted by Crippen LogP contribution is 2.17. The number of rotatable bonds is 5. The maximum Gasteiger partial charge on any atom is 0.260 e. The predicted octanol–water partition coefficient (Wildman–Crippen LogP) is 2.56. The Morgan fingerprint density at radius 3 is 2.75 bits per heavy atom. The van der Waals surface area contributed by atoms with E-state index in [1.807, 2.05) is 31.2 Å². The molecule has 1 aromatic heterocycles. The Morgan fingerprint density at radius 2 is 2.15 bits per heavy atom. The summed E-state index contributed by atoms with van der Waals surface area (Å²) in [6.07, 6.45) is 2.04. The number of nitrogens with zero attached hydrogens (tertiary/aromatic N) is 2. The lowest BCUT2D eigenvalue weighted by atomic mass is 10.2. The lowest BCUT2D eigenvalue weighted by molar-refractivity contribution is 0.464. The lowest BCUT2D eigenvalue weighted by Crippen LogP contribution is -2.26. The van der Waals surface area contributed by atoms with E-state index in [0.29, 0.717) is 18.8 Å². The zero-order chi connectivity index (χ0) is 14.8. The summed E-state index contributed by atoms with van der Waals surface area (Å²) in [7, 11) is -1.98. The number of hydrogen-bond acceptors (Lipinski definition) is 3. The number of nitrogens with one attached hydrogen (secondary N) is 1. The SMILES string of the molecule is CCc1ncc(S(=O)(=O)N(C)Cc2cccc(Br)c2)[nH]1. The summed E-state index contributed by atoms with van der Waals surface area (Å²) < 4.78 is 27.0. The molecule has 0 spiro atoms. The van der Waals surface area contributed by atoms with Gasteiger partial charge in [0.2, 0.25) is 0 Å². The van der Waals surface area contributed by atoms with Gasteiger partial charge in [0.05, 0.1) is 6.20 Å². The second-order valence-corrected chi connectivity index (χ2v) is 7.37. The van der Waals surface area contributed by atoms with E-state index in [0.717, 1.165) is 10.0 Å². The lowest BCUT2D eigenvalue weighted by Gasteiger charge is -2.16. The van der Waals surface area contributed by atoms with Crippen LogP contribution in [0.2, 0.25) is 0 Å². The molecule has 0 aliphatic heterocycles. The number of hydrogen-bond donors (Lipinski definition) is 1. The van der Waals surface area contributed by atoms with Crippen molar-refractivity contribution in [3.63, 3.8) is 0 Å². The minimum absolute atomic E-state index is 0.131. The zero-order valence-corrected chi connectivity index (χ0v) is 13.7. The monoisotopic (exact) mass is 357 g/mol. The Kier molecular flexibility index (Phi) is 4.62. The van der Waals surface area contributed by atoms with Crippen molar-refractivity contribution < 1.29 is 8.42 Å². The summed E-state index contributed by atoms with van der Waals surface area (Å²) in [5.41, 5.74) is 0.917. The van der Waals surface area contributed by atoms with Crippen LogP contribution in [0.25, 0.3) is 0 Å². The molecule has 0 aliphatic carbocycles. The summed E-state index contributed by atoms with van der Waals surface area (Å²) in [6, 6.07) is 7.57. The molecule has 0 bridgehead atoms. The molecule has 0 aliphatic rings. The first-order chi connectivity index (χ1) is 9.43. The van der Waals surface area contributed by atoms with Crippen molar-refractivity contribution >= 4 is 26.0 Å². The maximum absolute atomic E-state index is 12.4. The van der Waals surface area contributed by atoms with E-state index in [2.05, 4.69) is 25.9 Å².